The number of morpholine rings is 1. The van der Waals surface area contributed by atoms with Gasteiger partial charge in [0.1, 0.15) is 18.6 Å². The molecule has 0 saturated carbocycles. The van der Waals surface area contributed by atoms with Crippen LogP contribution in [0.3, 0.4) is 0 Å². The van der Waals surface area contributed by atoms with E-state index in [4.69, 9.17) is 15.2 Å². The molecule has 2 rings (SSSR count). The predicted molar refractivity (Wildman–Crippen MR) is 94.9 cm³/mol. The largest absolute Gasteiger partial charge is 0.492 e. The van der Waals surface area contributed by atoms with Gasteiger partial charge in [-0.05, 0) is 41.9 Å². The Morgan fingerprint density at radius 3 is 2.76 bits per heavy atom. The lowest BCUT2D eigenvalue weighted by Crippen LogP contribution is -2.39. The van der Waals surface area contributed by atoms with Crippen LogP contribution in [0.5, 0.6) is 5.75 Å². The molecule has 0 atom stereocenters. The molecule has 1 aliphatic heterocycles. The van der Waals surface area contributed by atoms with Crippen molar-refractivity contribution in [3.8, 4) is 5.75 Å². The molecular weight excluding hydrogens is 423 g/mol. The Balaban J connectivity index is 0.00000220. The maximum Gasteiger partial charge on any atom is 0.151 e. The first-order chi connectivity index (χ1) is 9.47. The number of halogens is 3. The van der Waals surface area contributed by atoms with E-state index in [1.54, 1.807) is 6.26 Å². The van der Waals surface area contributed by atoms with Crippen LogP contribution in [0.15, 0.2) is 33.1 Å². The fraction of sp³-hybridized carbons (Fsp3) is 0.429. The number of anilines is 1. The average molecular weight is 443 g/mol. The molecule has 1 aromatic rings. The smallest absolute Gasteiger partial charge is 0.151 e. The zero-order chi connectivity index (χ0) is 14.7. The van der Waals surface area contributed by atoms with Gasteiger partial charge in [-0.2, -0.15) is 0 Å². The summed E-state index contributed by atoms with van der Waals surface area (Å²) in [5.41, 5.74) is 6.54. The van der Waals surface area contributed by atoms with Crippen molar-refractivity contribution in [3.05, 3.63) is 33.1 Å². The van der Waals surface area contributed by atoms with Crippen molar-refractivity contribution in [1.82, 2.24) is 4.90 Å². The maximum atomic E-state index is 5.97. The molecule has 0 radical (unpaired) electrons. The standard InChI is InChI=1S/C14H18Br2N2O2.ClH/c1-9(2)18-3-4-19-11(7-18)8-20-13-6-10(15)5-12(16)14(13)17;/h5-6,8-9H,3-4,7,17H2,1-2H3;1H. The lowest BCUT2D eigenvalue weighted by atomic mass is 10.3. The molecule has 0 amide bonds. The second kappa shape index (κ2) is 8.27. The van der Waals surface area contributed by atoms with E-state index in [0.29, 0.717) is 24.1 Å². The van der Waals surface area contributed by atoms with E-state index >= 15 is 0 Å². The minimum Gasteiger partial charge on any atom is -0.492 e. The molecule has 7 heteroatoms. The number of ether oxygens (including phenoxy) is 2. The van der Waals surface area contributed by atoms with Gasteiger partial charge in [0.2, 0.25) is 0 Å². The summed E-state index contributed by atoms with van der Waals surface area (Å²) in [5, 5.41) is 0. The van der Waals surface area contributed by atoms with Crippen LogP contribution in [0.4, 0.5) is 5.69 Å². The van der Waals surface area contributed by atoms with Crippen molar-refractivity contribution in [3.63, 3.8) is 0 Å². The van der Waals surface area contributed by atoms with Crippen molar-refractivity contribution in [2.24, 2.45) is 0 Å². The minimum absolute atomic E-state index is 0. The second-order valence-corrected chi connectivity index (χ2v) is 6.68. The molecule has 4 nitrogen and oxygen atoms in total. The average Bonchev–Trinajstić information content (AvgIpc) is 2.41. The monoisotopic (exact) mass is 440 g/mol. The topological polar surface area (TPSA) is 47.7 Å². The van der Waals surface area contributed by atoms with Crippen LogP contribution in [0.25, 0.3) is 0 Å². The summed E-state index contributed by atoms with van der Waals surface area (Å²) in [5.74, 6) is 1.42. The maximum absolute atomic E-state index is 5.97. The van der Waals surface area contributed by atoms with E-state index in [-0.39, 0.29) is 12.4 Å². The molecule has 21 heavy (non-hydrogen) atoms. The highest BCUT2D eigenvalue weighted by Gasteiger charge is 2.18. The fourth-order valence-electron chi connectivity index (χ4n) is 1.92. The van der Waals surface area contributed by atoms with E-state index in [2.05, 4.69) is 50.6 Å². The van der Waals surface area contributed by atoms with Gasteiger partial charge >= 0.3 is 0 Å². The predicted octanol–water partition coefficient (Wildman–Crippen LogP) is 4.18. The molecule has 1 heterocycles. The first-order valence-corrected chi connectivity index (χ1v) is 8.03. The summed E-state index contributed by atoms with van der Waals surface area (Å²) in [4.78, 5) is 2.33. The number of nitrogen functional groups attached to an aromatic ring is 1. The van der Waals surface area contributed by atoms with E-state index in [0.717, 1.165) is 27.8 Å². The normalized spacial score (nSPS) is 17.5. The number of hydrogen-bond acceptors (Lipinski definition) is 4. The third-order valence-electron chi connectivity index (χ3n) is 3.13. The van der Waals surface area contributed by atoms with Gasteiger partial charge in [-0.1, -0.05) is 15.9 Å². The molecule has 0 bridgehead atoms. The highest BCUT2D eigenvalue weighted by atomic mass is 79.9. The summed E-state index contributed by atoms with van der Waals surface area (Å²) >= 11 is 6.81. The van der Waals surface area contributed by atoms with Gasteiger partial charge in [0.15, 0.2) is 5.75 Å². The van der Waals surface area contributed by atoms with Crippen molar-refractivity contribution in [1.29, 1.82) is 0 Å². The summed E-state index contributed by atoms with van der Waals surface area (Å²) < 4.78 is 13.0. The molecule has 1 aliphatic rings. The Bertz CT molecular complexity index is 524. The number of hydrogen-bond donors (Lipinski definition) is 1. The Kier molecular flexibility index (Phi) is 7.33. The molecule has 0 spiro atoms. The SMILES string of the molecule is CC(C)N1CCOC(=COc2cc(Br)cc(Br)c2N)C1.Cl. The van der Waals surface area contributed by atoms with Crippen LogP contribution < -0.4 is 10.5 Å². The van der Waals surface area contributed by atoms with E-state index in [1.165, 1.54) is 0 Å². The Labute approximate surface area is 148 Å². The van der Waals surface area contributed by atoms with Crippen molar-refractivity contribution in [2.75, 3.05) is 25.4 Å². The lowest BCUT2D eigenvalue weighted by Gasteiger charge is -2.31. The number of rotatable bonds is 3. The van der Waals surface area contributed by atoms with E-state index in [1.807, 2.05) is 12.1 Å². The molecular formula is C14H19Br2ClN2O2. The van der Waals surface area contributed by atoms with Crippen LogP contribution >= 0.6 is 44.3 Å². The van der Waals surface area contributed by atoms with Gasteiger partial charge in [-0.15, -0.1) is 12.4 Å². The van der Waals surface area contributed by atoms with Crippen molar-refractivity contribution < 1.29 is 9.47 Å². The fourth-order valence-corrected chi connectivity index (χ4v) is 3.10. The molecule has 1 fully saturated rings. The molecule has 2 N–H and O–H groups in total. The van der Waals surface area contributed by atoms with Crippen LogP contribution in [0.1, 0.15) is 13.8 Å². The summed E-state index contributed by atoms with van der Waals surface area (Å²) in [6.45, 7) is 6.73. The third-order valence-corrected chi connectivity index (χ3v) is 4.24. The molecule has 118 valence electrons. The van der Waals surface area contributed by atoms with Gasteiger partial charge in [0.05, 0.1) is 12.2 Å². The van der Waals surface area contributed by atoms with Gasteiger partial charge in [-0.3, -0.25) is 4.90 Å². The molecule has 0 unspecified atom stereocenters. The van der Waals surface area contributed by atoms with Gasteiger partial charge in [-0.25, -0.2) is 0 Å². The molecule has 1 aromatic carbocycles. The summed E-state index contributed by atoms with van der Waals surface area (Å²) in [6.07, 6.45) is 1.64. The first-order valence-electron chi connectivity index (χ1n) is 6.44. The highest BCUT2D eigenvalue weighted by molar-refractivity contribution is 9.11. The molecule has 0 aliphatic carbocycles. The molecule has 1 saturated heterocycles. The quantitative estimate of drug-likeness (QED) is 0.564. The third kappa shape index (κ3) is 5.06. The second-order valence-electron chi connectivity index (χ2n) is 4.91. The highest BCUT2D eigenvalue weighted by Crippen LogP contribution is 2.34. The number of benzene rings is 1. The van der Waals surface area contributed by atoms with E-state index in [9.17, 15) is 0 Å². The minimum atomic E-state index is 0. The Hall–Kier alpha value is -0.430. The van der Waals surface area contributed by atoms with Crippen LogP contribution in [-0.2, 0) is 4.74 Å². The number of nitrogens with zero attached hydrogens (tertiary/aromatic N) is 1. The summed E-state index contributed by atoms with van der Waals surface area (Å²) in [7, 11) is 0. The van der Waals surface area contributed by atoms with E-state index < -0.39 is 0 Å². The molecule has 0 aromatic heterocycles. The lowest BCUT2D eigenvalue weighted by molar-refractivity contribution is 0.0710. The van der Waals surface area contributed by atoms with Gasteiger partial charge < -0.3 is 15.2 Å². The zero-order valence-electron chi connectivity index (χ0n) is 11.9. The van der Waals surface area contributed by atoms with Crippen molar-refractivity contribution in [2.45, 2.75) is 19.9 Å². The van der Waals surface area contributed by atoms with Gasteiger partial charge in [0.25, 0.3) is 0 Å². The summed E-state index contributed by atoms with van der Waals surface area (Å²) in [6, 6.07) is 4.21. The van der Waals surface area contributed by atoms with Crippen LogP contribution in [0.2, 0.25) is 0 Å². The Morgan fingerprint density at radius 1 is 1.38 bits per heavy atom. The van der Waals surface area contributed by atoms with Crippen molar-refractivity contribution >= 4 is 50.0 Å². The Morgan fingerprint density at radius 2 is 2.10 bits per heavy atom. The zero-order valence-corrected chi connectivity index (χ0v) is 15.9. The van der Waals surface area contributed by atoms with Crippen LogP contribution in [0, 0.1) is 0 Å². The van der Waals surface area contributed by atoms with Gasteiger partial charge in [0, 0.05) is 21.5 Å². The first kappa shape index (κ1) is 18.6. The van der Waals surface area contributed by atoms with Crippen LogP contribution in [-0.4, -0.2) is 30.6 Å². The number of nitrogens with two attached hydrogens (primary N) is 1.